The summed E-state index contributed by atoms with van der Waals surface area (Å²) in [6.07, 6.45) is 0.739. The lowest BCUT2D eigenvalue weighted by molar-refractivity contribution is 0.00224. The fraction of sp³-hybridized carbons (Fsp3) is 0.273. The minimum atomic E-state index is -0.634. The number of fused-ring (bicyclic) bond motifs is 1. The lowest BCUT2D eigenvalue weighted by Gasteiger charge is -2.41. The zero-order valence-corrected chi connectivity index (χ0v) is 20.8. The number of aliphatic hydroxyl groups excluding tert-OH is 1. The summed E-state index contributed by atoms with van der Waals surface area (Å²) in [7, 11) is 0. The molecule has 0 radical (unpaired) electrons. The van der Waals surface area contributed by atoms with Gasteiger partial charge in [-0.2, -0.15) is 0 Å². The van der Waals surface area contributed by atoms with Gasteiger partial charge in [0, 0.05) is 35.3 Å². The predicted molar refractivity (Wildman–Crippen MR) is 143 cm³/mol. The Labute approximate surface area is 209 Å². The van der Waals surface area contributed by atoms with Crippen LogP contribution in [0, 0.1) is 0 Å². The molecule has 0 bridgehead atoms. The summed E-state index contributed by atoms with van der Waals surface area (Å²) in [5.74, 6) is 1.50. The van der Waals surface area contributed by atoms with Gasteiger partial charge in [0.15, 0.2) is 0 Å². The molecule has 35 heavy (non-hydrogen) atoms. The Morgan fingerprint density at radius 3 is 1.89 bits per heavy atom. The van der Waals surface area contributed by atoms with Crippen molar-refractivity contribution in [3.63, 3.8) is 0 Å². The average molecular weight is 463 g/mol. The Kier molecular flexibility index (Phi) is 6.49. The fourth-order valence-corrected chi connectivity index (χ4v) is 5.41. The molecule has 4 unspecified atom stereocenters. The Hall–Kier alpha value is -3.36. The van der Waals surface area contributed by atoms with Crippen molar-refractivity contribution < 1.29 is 9.84 Å². The predicted octanol–water partition coefficient (Wildman–Crippen LogP) is 7.66. The molecule has 0 aliphatic carbocycles. The van der Waals surface area contributed by atoms with Gasteiger partial charge in [0.05, 0.1) is 6.61 Å². The van der Waals surface area contributed by atoms with Crippen LogP contribution in [0.4, 0.5) is 0 Å². The van der Waals surface area contributed by atoms with E-state index in [4.69, 9.17) is 4.74 Å². The highest BCUT2D eigenvalue weighted by atomic mass is 16.5. The van der Waals surface area contributed by atoms with Crippen LogP contribution in [0.15, 0.2) is 103 Å². The third-order valence-electron chi connectivity index (χ3n) is 7.63. The van der Waals surface area contributed by atoms with Gasteiger partial charge in [-0.3, -0.25) is 0 Å². The van der Waals surface area contributed by atoms with E-state index in [1.54, 1.807) is 0 Å². The van der Waals surface area contributed by atoms with Crippen LogP contribution in [0.3, 0.4) is 0 Å². The Morgan fingerprint density at radius 2 is 1.31 bits per heavy atom. The van der Waals surface area contributed by atoms with Crippen LogP contribution in [0.25, 0.3) is 0 Å². The molecule has 1 N–H and O–H groups in total. The molecular formula is C33H34O2. The highest BCUT2D eigenvalue weighted by molar-refractivity contribution is 5.56. The van der Waals surface area contributed by atoms with E-state index in [1.165, 1.54) is 33.4 Å². The van der Waals surface area contributed by atoms with E-state index in [-0.39, 0.29) is 24.4 Å². The standard InChI is InChI=1S/C33H34O2/c1-23(25-13-7-4-8-14-25)28-19-29(24(2)26-15-9-5-10-16-26)32-30(20-28)31(21-33(3,22-34)35-32)27-17-11-6-12-18-27/h4-20,23-24,31,34H,21-22H2,1-3H3. The van der Waals surface area contributed by atoms with Gasteiger partial charge in [-0.25, -0.2) is 0 Å². The molecule has 4 atom stereocenters. The fourth-order valence-electron chi connectivity index (χ4n) is 5.41. The molecule has 0 saturated heterocycles. The monoisotopic (exact) mass is 462 g/mol. The summed E-state index contributed by atoms with van der Waals surface area (Å²) in [6, 6.07) is 36.7. The van der Waals surface area contributed by atoms with Crippen molar-refractivity contribution in [2.24, 2.45) is 0 Å². The molecule has 4 aromatic rings. The molecule has 0 saturated carbocycles. The van der Waals surface area contributed by atoms with Crippen LogP contribution in [0.5, 0.6) is 5.75 Å². The number of benzene rings is 4. The van der Waals surface area contributed by atoms with Gasteiger partial charge in [-0.15, -0.1) is 0 Å². The minimum Gasteiger partial charge on any atom is -0.485 e. The number of aliphatic hydroxyl groups is 1. The van der Waals surface area contributed by atoms with Crippen molar-refractivity contribution in [2.75, 3.05) is 6.61 Å². The van der Waals surface area contributed by atoms with E-state index in [0.717, 1.165) is 12.2 Å². The van der Waals surface area contributed by atoms with Gasteiger partial charge >= 0.3 is 0 Å². The van der Waals surface area contributed by atoms with Crippen LogP contribution >= 0.6 is 0 Å². The molecule has 1 aliphatic heterocycles. The molecule has 1 heterocycles. The maximum atomic E-state index is 10.4. The maximum Gasteiger partial charge on any atom is 0.130 e. The normalized spacial score (nSPS) is 21.0. The van der Waals surface area contributed by atoms with Gasteiger partial charge < -0.3 is 9.84 Å². The molecule has 1 aliphatic rings. The summed E-state index contributed by atoms with van der Waals surface area (Å²) >= 11 is 0. The van der Waals surface area contributed by atoms with Gasteiger partial charge in [-0.05, 0) is 29.2 Å². The number of hydrogen-bond donors (Lipinski definition) is 1. The van der Waals surface area contributed by atoms with Gasteiger partial charge in [-0.1, -0.05) is 117 Å². The largest absolute Gasteiger partial charge is 0.485 e. The topological polar surface area (TPSA) is 29.5 Å². The highest BCUT2D eigenvalue weighted by Gasteiger charge is 2.40. The molecular weight excluding hydrogens is 428 g/mol. The van der Waals surface area contributed by atoms with Gasteiger partial charge in [0.2, 0.25) is 0 Å². The summed E-state index contributed by atoms with van der Waals surface area (Å²) in [5, 5.41) is 10.4. The molecule has 0 spiro atoms. The lowest BCUT2D eigenvalue weighted by atomic mass is 9.75. The van der Waals surface area contributed by atoms with E-state index >= 15 is 0 Å². The minimum absolute atomic E-state index is 0.0168. The molecule has 5 rings (SSSR count). The first-order chi connectivity index (χ1) is 17.0. The van der Waals surface area contributed by atoms with Crippen LogP contribution in [0.2, 0.25) is 0 Å². The molecule has 2 heteroatoms. The number of ether oxygens (including phenoxy) is 1. The SMILES string of the molecule is CC(c1ccccc1)c1cc(C(C)c2ccccc2)c2c(c1)C(c1ccccc1)CC(C)(CO)O2. The van der Waals surface area contributed by atoms with Crippen molar-refractivity contribution >= 4 is 0 Å². The van der Waals surface area contributed by atoms with E-state index in [9.17, 15) is 5.11 Å². The third kappa shape index (κ3) is 4.63. The van der Waals surface area contributed by atoms with Crippen molar-refractivity contribution in [2.45, 2.75) is 50.5 Å². The summed E-state index contributed by atoms with van der Waals surface area (Å²) < 4.78 is 6.68. The molecule has 0 amide bonds. The number of hydrogen-bond acceptors (Lipinski definition) is 2. The Morgan fingerprint density at radius 1 is 0.771 bits per heavy atom. The second-order valence-electron chi connectivity index (χ2n) is 10.2. The van der Waals surface area contributed by atoms with Crippen molar-refractivity contribution in [3.05, 3.63) is 137 Å². The first kappa shape index (κ1) is 23.4. The van der Waals surface area contributed by atoms with Crippen LogP contribution < -0.4 is 4.74 Å². The van der Waals surface area contributed by atoms with Crippen molar-refractivity contribution in [1.29, 1.82) is 0 Å². The molecule has 4 aromatic carbocycles. The zero-order chi connectivity index (χ0) is 24.4. The summed E-state index contributed by atoms with van der Waals surface area (Å²) in [4.78, 5) is 0. The molecule has 0 aromatic heterocycles. The van der Waals surface area contributed by atoms with Crippen molar-refractivity contribution in [3.8, 4) is 5.75 Å². The smallest absolute Gasteiger partial charge is 0.130 e. The van der Waals surface area contributed by atoms with Gasteiger partial charge in [0.1, 0.15) is 11.4 Å². The highest BCUT2D eigenvalue weighted by Crippen LogP contribution is 2.49. The summed E-state index contributed by atoms with van der Waals surface area (Å²) in [6.45, 7) is 6.56. The van der Waals surface area contributed by atoms with Crippen LogP contribution in [-0.4, -0.2) is 17.3 Å². The Balaban J connectivity index is 1.73. The summed E-state index contributed by atoms with van der Waals surface area (Å²) in [5.41, 5.74) is 6.90. The van der Waals surface area contributed by atoms with Crippen molar-refractivity contribution in [1.82, 2.24) is 0 Å². The van der Waals surface area contributed by atoms with Gasteiger partial charge in [0.25, 0.3) is 0 Å². The average Bonchev–Trinajstić information content (AvgIpc) is 2.93. The van der Waals surface area contributed by atoms with E-state index in [0.29, 0.717) is 0 Å². The second kappa shape index (κ2) is 9.71. The van der Waals surface area contributed by atoms with E-state index in [2.05, 4.69) is 117 Å². The first-order valence-corrected chi connectivity index (χ1v) is 12.6. The first-order valence-electron chi connectivity index (χ1n) is 12.6. The zero-order valence-electron chi connectivity index (χ0n) is 20.8. The van der Waals surface area contributed by atoms with Crippen LogP contribution in [0.1, 0.15) is 78.3 Å². The van der Waals surface area contributed by atoms with E-state index in [1.807, 2.05) is 6.92 Å². The number of rotatable bonds is 6. The molecule has 2 nitrogen and oxygen atoms in total. The quantitative estimate of drug-likeness (QED) is 0.319. The maximum absolute atomic E-state index is 10.4. The molecule has 178 valence electrons. The Bertz CT molecular complexity index is 1250. The second-order valence-corrected chi connectivity index (χ2v) is 10.2. The third-order valence-corrected chi connectivity index (χ3v) is 7.63. The van der Waals surface area contributed by atoms with Crippen LogP contribution in [-0.2, 0) is 0 Å². The van der Waals surface area contributed by atoms with E-state index < -0.39 is 5.60 Å². The lowest BCUT2D eigenvalue weighted by Crippen LogP contribution is -2.42. The molecule has 0 fully saturated rings.